The van der Waals surface area contributed by atoms with E-state index < -0.39 is 11.6 Å². The van der Waals surface area contributed by atoms with Crippen molar-refractivity contribution in [3.05, 3.63) is 56.4 Å². The molecular formula is C19H19FIN5O2. The molecule has 4 N–H and O–H groups in total. The lowest BCUT2D eigenvalue weighted by molar-refractivity contribution is -0.0931. The Morgan fingerprint density at radius 3 is 2.64 bits per heavy atom. The molecule has 0 bridgehead atoms. The number of rotatable bonds is 4. The van der Waals surface area contributed by atoms with Gasteiger partial charge in [-0.3, -0.25) is 4.79 Å². The zero-order valence-electron chi connectivity index (χ0n) is 15.1. The van der Waals surface area contributed by atoms with E-state index in [1.807, 2.05) is 6.07 Å². The van der Waals surface area contributed by atoms with E-state index in [0.29, 0.717) is 27.7 Å². The average molecular weight is 495 g/mol. The smallest absolute Gasteiger partial charge is 0.254 e. The standard InChI is InChI=1S/C19H19FIN5O2/c1-10(22)19(28)8-26(9-19)18(27)14-7-17-16(23-25-24-17)5-12(14)4-11-2-3-13(21)6-15(11)20/h2-3,5-7,10,28H,4,8-9,22H2,1H3,(H,23,24,25)/t10-/m0/s1. The number of hydrogen-bond acceptors (Lipinski definition) is 5. The van der Waals surface area contributed by atoms with Gasteiger partial charge < -0.3 is 15.7 Å². The summed E-state index contributed by atoms with van der Waals surface area (Å²) in [6.07, 6.45) is 0.248. The maximum atomic E-state index is 14.4. The molecule has 28 heavy (non-hydrogen) atoms. The molecule has 1 amide bonds. The second-order valence-corrected chi connectivity index (χ2v) is 8.53. The monoisotopic (exact) mass is 495 g/mol. The van der Waals surface area contributed by atoms with Crippen LogP contribution in [0.3, 0.4) is 0 Å². The summed E-state index contributed by atoms with van der Waals surface area (Å²) < 4.78 is 15.2. The number of H-pyrrole nitrogens is 1. The van der Waals surface area contributed by atoms with E-state index >= 15 is 0 Å². The minimum Gasteiger partial charge on any atom is -0.385 e. The van der Waals surface area contributed by atoms with Gasteiger partial charge in [-0.1, -0.05) is 6.07 Å². The summed E-state index contributed by atoms with van der Waals surface area (Å²) in [7, 11) is 0. The van der Waals surface area contributed by atoms with Crippen molar-refractivity contribution in [3.63, 3.8) is 0 Å². The number of likely N-dealkylation sites (tertiary alicyclic amines) is 1. The van der Waals surface area contributed by atoms with Gasteiger partial charge in [-0.25, -0.2) is 4.39 Å². The van der Waals surface area contributed by atoms with E-state index in [1.54, 1.807) is 30.0 Å². The molecule has 7 nitrogen and oxygen atoms in total. The minimum atomic E-state index is -1.07. The second kappa shape index (κ2) is 7.05. The molecule has 1 aromatic heterocycles. The van der Waals surface area contributed by atoms with Crippen LogP contribution in [0, 0.1) is 9.39 Å². The number of carbonyl (C=O) groups excluding carboxylic acids is 1. The van der Waals surface area contributed by atoms with Crippen molar-refractivity contribution in [2.75, 3.05) is 13.1 Å². The predicted octanol–water partition coefficient (Wildman–Crippen LogP) is 1.83. The Morgan fingerprint density at radius 1 is 1.32 bits per heavy atom. The lowest BCUT2D eigenvalue weighted by Crippen LogP contribution is -2.70. The molecule has 2 heterocycles. The number of aliphatic hydroxyl groups is 1. The number of nitrogens with zero attached hydrogens (tertiary/aromatic N) is 3. The number of β-amino-alcohol motifs (C(OH)–C–C–N with tert-alkyl or cyclic N) is 1. The predicted molar refractivity (Wildman–Crippen MR) is 110 cm³/mol. The molecule has 2 aromatic carbocycles. The Labute approximate surface area is 174 Å². The van der Waals surface area contributed by atoms with Gasteiger partial charge in [0, 0.05) is 21.6 Å². The van der Waals surface area contributed by atoms with Crippen molar-refractivity contribution in [3.8, 4) is 0 Å². The van der Waals surface area contributed by atoms with E-state index in [4.69, 9.17) is 5.73 Å². The average Bonchev–Trinajstić information content (AvgIpc) is 3.07. The quantitative estimate of drug-likeness (QED) is 0.479. The van der Waals surface area contributed by atoms with Crippen LogP contribution in [0.5, 0.6) is 0 Å². The van der Waals surface area contributed by atoms with Crippen LogP contribution < -0.4 is 5.73 Å². The fourth-order valence-corrected chi connectivity index (χ4v) is 3.82. The second-order valence-electron chi connectivity index (χ2n) is 7.29. The Bertz CT molecular complexity index is 1060. The van der Waals surface area contributed by atoms with Crippen LogP contribution in [0.4, 0.5) is 4.39 Å². The van der Waals surface area contributed by atoms with Crippen LogP contribution in [-0.2, 0) is 6.42 Å². The summed E-state index contributed by atoms with van der Waals surface area (Å²) in [4.78, 5) is 14.6. The molecule has 0 unspecified atom stereocenters. The zero-order chi connectivity index (χ0) is 20.1. The molecule has 1 aliphatic heterocycles. The van der Waals surface area contributed by atoms with E-state index in [0.717, 1.165) is 3.57 Å². The van der Waals surface area contributed by atoms with Crippen LogP contribution in [0.15, 0.2) is 30.3 Å². The molecule has 3 aromatic rings. The topological polar surface area (TPSA) is 108 Å². The lowest BCUT2D eigenvalue weighted by Gasteiger charge is -2.48. The van der Waals surface area contributed by atoms with Gasteiger partial charge in [0.1, 0.15) is 22.5 Å². The number of aromatic nitrogens is 3. The van der Waals surface area contributed by atoms with E-state index in [-0.39, 0.29) is 31.2 Å². The molecule has 0 aliphatic carbocycles. The van der Waals surface area contributed by atoms with Crippen molar-refractivity contribution in [1.82, 2.24) is 20.3 Å². The van der Waals surface area contributed by atoms with Crippen LogP contribution in [0.25, 0.3) is 11.0 Å². The maximum Gasteiger partial charge on any atom is 0.254 e. The van der Waals surface area contributed by atoms with Crippen LogP contribution >= 0.6 is 22.6 Å². The van der Waals surface area contributed by atoms with Gasteiger partial charge in [0.25, 0.3) is 5.91 Å². The van der Waals surface area contributed by atoms with E-state index in [1.165, 1.54) is 6.07 Å². The number of nitrogens with one attached hydrogen (secondary N) is 1. The molecule has 0 radical (unpaired) electrons. The number of aromatic amines is 1. The zero-order valence-corrected chi connectivity index (χ0v) is 17.3. The number of amides is 1. The Hall–Kier alpha value is -2.11. The highest BCUT2D eigenvalue weighted by atomic mass is 127. The number of nitrogens with two attached hydrogens (primary N) is 1. The van der Waals surface area contributed by atoms with Crippen LogP contribution in [0.2, 0.25) is 0 Å². The first-order valence-corrected chi connectivity index (χ1v) is 9.89. The molecule has 0 spiro atoms. The van der Waals surface area contributed by atoms with E-state index in [9.17, 15) is 14.3 Å². The molecule has 146 valence electrons. The molecule has 0 saturated carbocycles. The summed E-state index contributed by atoms with van der Waals surface area (Å²) in [6.45, 7) is 2.05. The maximum absolute atomic E-state index is 14.4. The molecule has 4 rings (SSSR count). The fourth-order valence-electron chi connectivity index (χ4n) is 3.36. The lowest BCUT2D eigenvalue weighted by atomic mass is 9.86. The summed E-state index contributed by atoms with van der Waals surface area (Å²) in [5.74, 6) is -0.558. The third kappa shape index (κ3) is 3.38. The van der Waals surface area contributed by atoms with Crippen molar-refractivity contribution in [1.29, 1.82) is 0 Å². The van der Waals surface area contributed by atoms with E-state index in [2.05, 4.69) is 38.0 Å². The van der Waals surface area contributed by atoms with Gasteiger partial charge in [-0.05, 0) is 64.9 Å². The highest BCUT2D eigenvalue weighted by Gasteiger charge is 2.46. The van der Waals surface area contributed by atoms with Crippen LogP contribution in [0.1, 0.15) is 28.4 Å². The van der Waals surface area contributed by atoms with Gasteiger partial charge >= 0.3 is 0 Å². The van der Waals surface area contributed by atoms with Crippen molar-refractivity contribution in [2.24, 2.45) is 5.73 Å². The Morgan fingerprint density at radius 2 is 2.00 bits per heavy atom. The molecule has 9 heteroatoms. The van der Waals surface area contributed by atoms with Gasteiger partial charge in [0.05, 0.1) is 13.1 Å². The summed E-state index contributed by atoms with van der Waals surface area (Å²) in [5.41, 5.74) is 7.46. The van der Waals surface area contributed by atoms with Gasteiger partial charge in [-0.15, -0.1) is 0 Å². The summed E-state index contributed by atoms with van der Waals surface area (Å²) in [6, 6.07) is 7.98. The first-order valence-electron chi connectivity index (χ1n) is 8.81. The van der Waals surface area contributed by atoms with Gasteiger partial charge in [-0.2, -0.15) is 15.4 Å². The number of benzene rings is 2. The SMILES string of the molecule is C[C@H](N)C1(O)CN(C(=O)c2cc3n[nH]nc3cc2Cc2ccc(I)cc2F)C1. The molecule has 1 aliphatic rings. The number of fused-ring (bicyclic) bond motifs is 1. The molecule has 1 saturated heterocycles. The van der Waals surface area contributed by atoms with Crippen molar-refractivity contribution in [2.45, 2.75) is 25.0 Å². The molecular weight excluding hydrogens is 476 g/mol. The first kappa shape index (κ1) is 19.2. The third-order valence-corrected chi connectivity index (χ3v) is 5.90. The third-order valence-electron chi connectivity index (χ3n) is 5.23. The summed E-state index contributed by atoms with van der Waals surface area (Å²) in [5, 5.41) is 21.0. The number of carbonyl (C=O) groups is 1. The van der Waals surface area contributed by atoms with Gasteiger partial charge in [0.15, 0.2) is 0 Å². The highest BCUT2D eigenvalue weighted by molar-refractivity contribution is 14.1. The highest BCUT2D eigenvalue weighted by Crippen LogP contribution is 2.29. The number of hydrogen-bond donors (Lipinski definition) is 3. The van der Waals surface area contributed by atoms with Crippen molar-refractivity contribution >= 4 is 39.5 Å². The first-order chi connectivity index (χ1) is 13.3. The van der Waals surface area contributed by atoms with Crippen molar-refractivity contribution < 1.29 is 14.3 Å². The minimum absolute atomic E-state index is 0.164. The van der Waals surface area contributed by atoms with Gasteiger partial charge in [0.2, 0.25) is 0 Å². The number of halogens is 2. The van der Waals surface area contributed by atoms with Crippen LogP contribution in [-0.4, -0.2) is 56.1 Å². The fraction of sp³-hybridized carbons (Fsp3) is 0.316. The Balaban J connectivity index is 1.69. The summed E-state index contributed by atoms with van der Waals surface area (Å²) >= 11 is 2.05. The Kier molecular flexibility index (Phi) is 4.84. The largest absolute Gasteiger partial charge is 0.385 e. The normalized spacial score (nSPS) is 16.8. The molecule has 1 fully saturated rings. The molecule has 1 atom stereocenters.